The van der Waals surface area contributed by atoms with Gasteiger partial charge in [0.25, 0.3) is 0 Å². The molecule has 1 aliphatic carbocycles. The molecule has 1 atom stereocenters. The molecule has 0 aromatic heterocycles. The summed E-state index contributed by atoms with van der Waals surface area (Å²) in [5.74, 6) is 1.57. The molecule has 0 N–H and O–H groups in total. The Morgan fingerprint density at radius 3 is 2.52 bits per heavy atom. The third-order valence-electron chi connectivity index (χ3n) is 5.70. The molecule has 2 fully saturated rings. The molecule has 1 aromatic carbocycles. The van der Waals surface area contributed by atoms with Gasteiger partial charge in [0.05, 0.1) is 12.7 Å². The number of morpholine rings is 1. The first kappa shape index (κ1) is 16.8. The predicted octanol–water partition coefficient (Wildman–Crippen LogP) is 5.06. The van der Waals surface area contributed by atoms with Crippen molar-refractivity contribution in [2.75, 3.05) is 24.6 Å². The number of hydrogen-bond donors (Lipinski definition) is 0. The molecule has 0 spiro atoms. The van der Waals surface area contributed by atoms with Gasteiger partial charge in [-0.15, -0.1) is 0 Å². The Bertz CT molecular complexity index is 461. The number of anilines is 1. The largest absolute Gasteiger partial charge is 0.374 e. The van der Waals surface area contributed by atoms with Crippen molar-refractivity contribution in [3.8, 4) is 0 Å². The molecule has 1 aliphatic heterocycles. The smallest absolute Gasteiger partial charge is 0.0773 e. The quantitative estimate of drug-likeness (QED) is 0.753. The Kier molecular flexibility index (Phi) is 5.99. The summed E-state index contributed by atoms with van der Waals surface area (Å²) in [6.45, 7) is 7.40. The van der Waals surface area contributed by atoms with Crippen LogP contribution < -0.4 is 4.90 Å². The van der Waals surface area contributed by atoms with E-state index in [1.54, 1.807) is 0 Å². The second-order valence-electron chi connectivity index (χ2n) is 7.81. The first-order chi connectivity index (χ1) is 11.2. The number of benzene rings is 1. The molecule has 2 nitrogen and oxygen atoms in total. The van der Waals surface area contributed by atoms with Crippen LogP contribution in [-0.4, -0.2) is 25.8 Å². The highest BCUT2D eigenvalue weighted by atomic mass is 16.5. The van der Waals surface area contributed by atoms with E-state index in [1.165, 1.54) is 56.2 Å². The molecule has 3 rings (SSSR count). The van der Waals surface area contributed by atoms with Gasteiger partial charge in [-0.25, -0.2) is 0 Å². The Labute approximate surface area is 142 Å². The number of nitrogens with zero attached hydrogens (tertiary/aromatic N) is 1. The molecular formula is C21H33NO. The van der Waals surface area contributed by atoms with Crippen LogP contribution in [0.5, 0.6) is 0 Å². The molecule has 0 radical (unpaired) electrons. The van der Waals surface area contributed by atoms with Crippen LogP contribution in [0.15, 0.2) is 24.3 Å². The molecule has 23 heavy (non-hydrogen) atoms. The van der Waals surface area contributed by atoms with E-state index >= 15 is 0 Å². The van der Waals surface area contributed by atoms with E-state index in [0.717, 1.165) is 25.6 Å². The van der Waals surface area contributed by atoms with Crippen molar-refractivity contribution in [2.45, 2.75) is 64.9 Å². The van der Waals surface area contributed by atoms with Crippen LogP contribution in [0.25, 0.3) is 0 Å². The fraction of sp³-hybridized carbons (Fsp3) is 0.714. The molecule has 2 aliphatic rings. The van der Waals surface area contributed by atoms with Gasteiger partial charge in [0.15, 0.2) is 0 Å². The van der Waals surface area contributed by atoms with Gasteiger partial charge in [-0.1, -0.05) is 58.1 Å². The predicted molar refractivity (Wildman–Crippen MR) is 98.1 cm³/mol. The standard InChI is InChI=1S/C21H33NO/c1-17(2)21-16-22(14-15-23-21)20-12-10-19(11-13-20)9-8-18-6-4-3-5-7-18/h10-13,17-18,21H,3-9,14-16H2,1-2H3/t21-/m0/s1. The van der Waals surface area contributed by atoms with Crippen molar-refractivity contribution < 1.29 is 4.74 Å². The van der Waals surface area contributed by atoms with E-state index in [0.29, 0.717) is 12.0 Å². The maximum Gasteiger partial charge on any atom is 0.0773 e. The molecule has 0 unspecified atom stereocenters. The topological polar surface area (TPSA) is 12.5 Å². The molecule has 1 saturated carbocycles. The zero-order valence-electron chi connectivity index (χ0n) is 15.0. The van der Waals surface area contributed by atoms with E-state index in [2.05, 4.69) is 43.0 Å². The maximum atomic E-state index is 5.88. The Morgan fingerprint density at radius 2 is 1.83 bits per heavy atom. The highest BCUT2D eigenvalue weighted by molar-refractivity contribution is 5.48. The minimum absolute atomic E-state index is 0.370. The normalized spacial score (nSPS) is 23.4. The van der Waals surface area contributed by atoms with Crippen molar-refractivity contribution >= 4 is 5.69 Å². The summed E-state index contributed by atoms with van der Waals surface area (Å²) in [5.41, 5.74) is 2.87. The molecule has 1 aromatic rings. The third-order valence-corrected chi connectivity index (χ3v) is 5.70. The summed E-state index contributed by atoms with van der Waals surface area (Å²) in [6.07, 6.45) is 10.3. The lowest BCUT2D eigenvalue weighted by atomic mass is 9.85. The van der Waals surface area contributed by atoms with Gasteiger partial charge >= 0.3 is 0 Å². The van der Waals surface area contributed by atoms with E-state index in [4.69, 9.17) is 4.74 Å². The Hall–Kier alpha value is -1.02. The Balaban J connectivity index is 1.52. The van der Waals surface area contributed by atoms with Gasteiger partial charge in [-0.3, -0.25) is 0 Å². The molecule has 128 valence electrons. The van der Waals surface area contributed by atoms with Crippen LogP contribution in [0, 0.1) is 11.8 Å². The van der Waals surface area contributed by atoms with Gasteiger partial charge < -0.3 is 9.64 Å². The molecule has 0 bridgehead atoms. The Morgan fingerprint density at radius 1 is 1.09 bits per heavy atom. The number of hydrogen-bond acceptors (Lipinski definition) is 2. The second kappa shape index (κ2) is 8.19. The maximum absolute atomic E-state index is 5.88. The van der Waals surface area contributed by atoms with E-state index in [9.17, 15) is 0 Å². The molecule has 1 heterocycles. The zero-order valence-corrected chi connectivity index (χ0v) is 15.0. The van der Waals surface area contributed by atoms with Crippen molar-refractivity contribution in [2.24, 2.45) is 11.8 Å². The average Bonchev–Trinajstić information content (AvgIpc) is 2.61. The summed E-state index contributed by atoms with van der Waals surface area (Å²) in [4.78, 5) is 2.49. The van der Waals surface area contributed by atoms with Crippen LogP contribution in [0.3, 0.4) is 0 Å². The lowest BCUT2D eigenvalue weighted by molar-refractivity contribution is 0.0114. The van der Waals surface area contributed by atoms with Crippen molar-refractivity contribution in [1.82, 2.24) is 0 Å². The highest BCUT2D eigenvalue weighted by Crippen LogP contribution is 2.28. The molecule has 0 amide bonds. The molecule has 2 heteroatoms. The summed E-state index contributed by atoms with van der Waals surface area (Å²) in [5, 5.41) is 0. The van der Waals surface area contributed by atoms with E-state index in [1.807, 2.05) is 0 Å². The molecule has 1 saturated heterocycles. The van der Waals surface area contributed by atoms with Gasteiger partial charge in [0, 0.05) is 18.8 Å². The van der Waals surface area contributed by atoms with Crippen LogP contribution in [0.4, 0.5) is 5.69 Å². The minimum Gasteiger partial charge on any atom is -0.374 e. The van der Waals surface area contributed by atoms with Gasteiger partial charge in [-0.05, 0) is 42.4 Å². The number of aryl methyl sites for hydroxylation is 1. The fourth-order valence-corrected chi connectivity index (χ4v) is 4.03. The first-order valence-corrected chi connectivity index (χ1v) is 9.68. The fourth-order valence-electron chi connectivity index (χ4n) is 4.03. The number of rotatable bonds is 5. The summed E-state index contributed by atoms with van der Waals surface area (Å²) < 4.78 is 5.88. The first-order valence-electron chi connectivity index (χ1n) is 9.68. The van der Waals surface area contributed by atoms with Crippen LogP contribution in [0.2, 0.25) is 0 Å². The minimum atomic E-state index is 0.370. The SMILES string of the molecule is CC(C)[C@@H]1CN(c2ccc(CCC3CCCCC3)cc2)CCO1. The molecular weight excluding hydrogens is 282 g/mol. The summed E-state index contributed by atoms with van der Waals surface area (Å²) >= 11 is 0. The third kappa shape index (κ3) is 4.73. The zero-order chi connectivity index (χ0) is 16.1. The summed E-state index contributed by atoms with van der Waals surface area (Å²) in [7, 11) is 0. The van der Waals surface area contributed by atoms with Crippen molar-refractivity contribution in [3.63, 3.8) is 0 Å². The van der Waals surface area contributed by atoms with Crippen LogP contribution >= 0.6 is 0 Å². The van der Waals surface area contributed by atoms with E-state index in [-0.39, 0.29) is 0 Å². The monoisotopic (exact) mass is 315 g/mol. The lowest BCUT2D eigenvalue weighted by Gasteiger charge is -2.36. The van der Waals surface area contributed by atoms with Gasteiger partial charge in [-0.2, -0.15) is 0 Å². The highest BCUT2D eigenvalue weighted by Gasteiger charge is 2.23. The van der Waals surface area contributed by atoms with Crippen LogP contribution in [-0.2, 0) is 11.2 Å². The number of ether oxygens (including phenoxy) is 1. The van der Waals surface area contributed by atoms with Crippen LogP contribution in [0.1, 0.15) is 57.9 Å². The average molecular weight is 316 g/mol. The van der Waals surface area contributed by atoms with E-state index < -0.39 is 0 Å². The van der Waals surface area contributed by atoms with Gasteiger partial charge in [0.1, 0.15) is 0 Å². The van der Waals surface area contributed by atoms with Gasteiger partial charge in [0.2, 0.25) is 0 Å². The summed E-state index contributed by atoms with van der Waals surface area (Å²) in [6, 6.07) is 9.33. The van der Waals surface area contributed by atoms with Crippen molar-refractivity contribution in [3.05, 3.63) is 29.8 Å². The lowest BCUT2D eigenvalue weighted by Crippen LogP contribution is -2.44. The second-order valence-corrected chi connectivity index (χ2v) is 7.81. The van der Waals surface area contributed by atoms with Crippen molar-refractivity contribution in [1.29, 1.82) is 0 Å².